The maximum absolute atomic E-state index is 13.2. The van der Waals surface area contributed by atoms with Crippen molar-refractivity contribution in [2.24, 2.45) is 0 Å². The molecule has 0 unspecified atom stereocenters. The van der Waals surface area contributed by atoms with Crippen LogP contribution in [0.15, 0.2) is 35.3 Å². The van der Waals surface area contributed by atoms with Gasteiger partial charge in [0.25, 0.3) is 0 Å². The summed E-state index contributed by atoms with van der Waals surface area (Å²) in [7, 11) is 0. The Balaban J connectivity index is 1.87. The maximum Gasteiger partial charge on any atom is 0.345 e. The van der Waals surface area contributed by atoms with Gasteiger partial charge in [0.15, 0.2) is 5.65 Å². The molecule has 1 aromatic carbocycles. The average molecular weight is 410 g/mol. The molecule has 0 spiro atoms. The van der Waals surface area contributed by atoms with E-state index in [1.165, 1.54) is 17.5 Å². The molecular formula is C20H18N4O4S. The Hall–Kier alpha value is -3.04. The summed E-state index contributed by atoms with van der Waals surface area (Å²) in [5.74, 6) is -0.0751. The van der Waals surface area contributed by atoms with Crippen molar-refractivity contribution in [1.82, 2.24) is 14.4 Å². The first-order chi connectivity index (χ1) is 14.2. The fourth-order valence-electron chi connectivity index (χ4n) is 3.59. The Labute approximate surface area is 169 Å². The molecule has 1 aliphatic rings. The number of aromatic nitrogens is 3. The van der Waals surface area contributed by atoms with Crippen molar-refractivity contribution in [3.63, 3.8) is 0 Å². The highest BCUT2D eigenvalue weighted by Crippen LogP contribution is 2.31. The normalized spacial score (nSPS) is 14.7. The van der Waals surface area contributed by atoms with Gasteiger partial charge < -0.3 is 14.4 Å². The summed E-state index contributed by atoms with van der Waals surface area (Å²) < 4.78 is 13.4. The van der Waals surface area contributed by atoms with Gasteiger partial charge in [-0.2, -0.15) is 4.98 Å². The van der Waals surface area contributed by atoms with E-state index in [0.717, 1.165) is 10.2 Å². The molecule has 29 heavy (non-hydrogen) atoms. The number of carbonyl (C=O) groups excluding carboxylic acids is 1. The first-order valence-electron chi connectivity index (χ1n) is 9.42. The maximum atomic E-state index is 13.2. The van der Waals surface area contributed by atoms with Crippen LogP contribution in [0.25, 0.3) is 26.1 Å². The minimum atomic E-state index is -0.624. The summed E-state index contributed by atoms with van der Waals surface area (Å²) in [6.07, 6.45) is 1.51. The van der Waals surface area contributed by atoms with Crippen LogP contribution in [0.4, 0.5) is 5.95 Å². The first kappa shape index (κ1) is 18.0. The van der Waals surface area contributed by atoms with Crippen LogP contribution in [0.2, 0.25) is 0 Å². The van der Waals surface area contributed by atoms with Gasteiger partial charge in [-0.15, -0.1) is 11.3 Å². The molecule has 1 saturated heterocycles. The average Bonchev–Trinajstić information content (AvgIpc) is 3.13. The summed E-state index contributed by atoms with van der Waals surface area (Å²) in [6, 6.07) is 7.76. The van der Waals surface area contributed by atoms with Crippen molar-refractivity contribution in [3.05, 3.63) is 46.2 Å². The summed E-state index contributed by atoms with van der Waals surface area (Å²) in [5.41, 5.74) is 1.00. The molecule has 8 nitrogen and oxygen atoms in total. The van der Waals surface area contributed by atoms with Crippen molar-refractivity contribution >= 4 is 49.3 Å². The van der Waals surface area contributed by atoms with E-state index in [9.17, 15) is 9.59 Å². The number of carbonyl (C=O) groups is 1. The van der Waals surface area contributed by atoms with Crippen LogP contribution in [0.5, 0.6) is 0 Å². The smallest absolute Gasteiger partial charge is 0.345 e. The third kappa shape index (κ3) is 2.85. The molecule has 0 atom stereocenters. The van der Waals surface area contributed by atoms with Crippen molar-refractivity contribution in [2.45, 2.75) is 6.92 Å². The molecule has 4 aromatic rings. The summed E-state index contributed by atoms with van der Waals surface area (Å²) >= 11 is 1.38. The van der Waals surface area contributed by atoms with Gasteiger partial charge in [0.05, 0.1) is 35.4 Å². The van der Waals surface area contributed by atoms with Crippen LogP contribution in [-0.2, 0) is 9.47 Å². The number of hydrogen-bond acceptors (Lipinski definition) is 8. The van der Waals surface area contributed by atoms with E-state index in [-0.39, 0.29) is 12.2 Å². The Bertz CT molecular complexity index is 1310. The number of esters is 1. The molecule has 0 radical (unpaired) electrons. The topological polar surface area (TPSA) is 86.0 Å². The predicted molar refractivity (Wildman–Crippen MR) is 111 cm³/mol. The van der Waals surface area contributed by atoms with Crippen molar-refractivity contribution in [1.29, 1.82) is 0 Å². The van der Waals surface area contributed by atoms with E-state index in [1.807, 2.05) is 33.6 Å². The second-order valence-corrected chi connectivity index (χ2v) is 7.67. The Kier molecular flexibility index (Phi) is 4.40. The van der Waals surface area contributed by atoms with E-state index >= 15 is 0 Å². The summed E-state index contributed by atoms with van der Waals surface area (Å²) in [6.45, 7) is 4.51. The molecule has 3 aromatic heterocycles. The van der Waals surface area contributed by atoms with Crippen molar-refractivity contribution in [3.8, 4) is 0 Å². The predicted octanol–water partition coefficient (Wildman–Crippen LogP) is 2.47. The molecule has 5 rings (SSSR count). The monoisotopic (exact) mass is 410 g/mol. The summed E-state index contributed by atoms with van der Waals surface area (Å²) in [4.78, 5) is 37.5. The number of rotatable bonds is 3. The number of anilines is 1. The van der Waals surface area contributed by atoms with Gasteiger partial charge in [-0.1, -0.05) is 12.1 Å². The van der Waals surface area contributed by atoms with Crippen LogP contribution in [0.3, 0.4) is 0 Å². The second kappa shape index (κ2) is 7.09. The fourth-order valence-corrected chi connectivity index (χ4v) is 4.76. The van der Waals surface area contributed by atoms with Gasteiger partial charge in [0, 0.05) is 19.3 Å². The van der Waals surface area contributed by atoms with Crippen LogP contribution >= 0.6 is 11.3 Å². The molecule has 1 fully saturated rings. The zero-order valence-corrected chi connectivity index (χ0v) is 16.6. The van der Waals surface area contributed by atoms with Gasteiger partial charge in [0.1, 0.15) is 10.4 Å². The van der Waals surface area contributed by atoms with Crippen LogP contribution in [0.1, 0.15) is 17.3 Å². The number of pyridine rings is 1. The number of morpholine rings is 1. The highest BCUT2D eigenvalue weighted by Gasteiger charge is 2.24. The molecule has 0 aliphatic carbocycles. The number of para-hydroxylation sites is 1. The van der Waals surface area contributed by atoms with Crippen molar-refractivity contribution in [2.75, 3.05) is 37.8 Å². The second-order valence-electron chi connectivity index (χ2n) is 6.64. The van der Waals surface area contributed by atoms with Gasteiger partial charge in [0.2, 0.25) is 11.4 Å². The lowest BCUT2D eigenvalue weighted by Gasteiger charge is -2.26. The Morgan fingerprint density at radius 2 is 2.07 bits per heavy atom. The molecular weight excluding hydrogens is 392 g/mol. The fraction of sp³-hybridized carbons (Fsp3) is 0.300. The van der Waals surface area contributed by atoms with E-state index in [0.29, 0.717) is 48.1 Å². The SMILES string of the molecule is CCOC(=O)c1c(=O)c2cnc(N3CCOCC3)nc2n2c1sc1ccccc12. The largest absolute Gasteiger partial charge is 0.462 e. The third-order valence-electron chi connectivity index (χ3n) is 4.94. The quantitative estimate of drug-likeness (QED) is 0.480. The molecule has 9 heteroatoms. The number of benzene rings is 1. The first-order valence-corrected chi connectivity index (χ1v) is 10.2. The zero-order chi connectivity index (χ0) is 20.0. The molecule has 4 heterocycles. The summed E-state index contributed by atoms with van der Waals surface area (Å²) in [5, 5.41) is 0.297. The standard InChI is InChI=1S/C20H18N4O4S/c1-2-28-19(26)15-16(25)12-11-21-20(23-7-9-27-10-8-23)22-17(12)24-13-5-3-4-6-14(13)29-18(15)24/h3-6,11H,2,7-10H2,1H3. The minimum Gasteiger partial charge on any atom is -0.462 e. The van der Waals surface area contributed by atoms with Crippen LogP contribution < -0.4 is 10.3 Å². The molecule has 0 amide bonds. The lowest BCUT2D eigenvalue weighted by atomic mass is 10.2. The number of nitrogens with zero attached hydrogens (tertiary/aromatic N) is 4. The van der Waals surface area contributed by atoms with E-state index in [2.05, 4.69) is 4.98 Å². The Morgan fingerprint density at radius 1 is 1.28 bits per heavy atom. The van der Waals surface area contributed by atoms with Gasteiger partial charge >= 0.3 is 5.97 Å². The molecule has 148 valence electrons. The zero-order valence-electron chi connectivity index (χ0n) is 15.8. The highest BCUT2D eigenvalue weighted by atomic mass is 32.1. The van der Waals surface area contributed by atoms with Gasteiger partial charge in [-0.05, 0) is 19.1 Å². The molecule has 0 bridgehead atoms. The van der Waals surface area contributed by atoms with Crippen LogP contribution in [-0.4, -0.2) is 53.2 Å². The van der Waals surface area contributed by atoms with Crippen molar-refractivity contribution < 1.29 is 14.3 Å². The number of thiazole rings is 1. The molecule has 0 N–H and O–H groups in total. The number of hydrogen-bond donors (Lipinski definition) is 0. The highest BCUT2D eigenvalue weighted by molar-refractivity contribution is 7.24. The number of fused-ring (bicyclic) bond motifs is 5. The molecule has 0 saturated carbocycles. The molecule has 1 aliphatic heterocycles. The van der Waals surface area contributed by atoms with E-state index in [1.54, 1.807) is 6.92 Å². The number of ether oxygens (including phenoxy) is 2. The van der Waals surface area contributed by atoms with Gasteiger partial charge in [-0.3, -0.25) is 9.20 Å². The van der Waals surface area contributed by atoms with E-state index in [4.69, 9.17) is 14.5 Å². The van der Waals surface area contributed by atoms with E-state index < -0.39 is 11.4 Å². The minimum absolute atomic E-state index is 0.0308. The lowest BCUT2D eigenvalue weighted by Crippen LogP contribution is -2.37. The Morgan fingerprint density at radius 3 is 2.86 bits per heavy atom. The third-order valence-corrected chi connectivity index (χ3v) is 6.09. The van der Waals surface area contributed by atoms with Crippen LogP contribution in [0, 0.1) is 0 Å². The van der Waals surface area contributed by atoms with Gasteiger partial charge in [-0.25, -0.2) is 9.78 Å². The lowest BCUT2D eigenvalue weighted by molar-refractivity contribution is 0.0527.